The van der Waals surface area contributed by atoms with Gasteiger partial charge >= 0.3 is 6.03 Å². The first kappa shape index (κ1) is 20.4. The monoisotopic (exact) mass is 388 g/mol. The molecule has 28 heavy (non-hydrogen) atoms. The second-order valence-electron chi connectivity index (χ2n) is 8.45. The highest BCUT2D eigenvalue weighted by Crippen LogP contribution is 2.31. The Kier molecular flexibility index (Phi) is 6.42. The number of likely N-dealkylation sites (N-methyl/N-ethyl adjacent to an activating group) is 1. The zero-order valence-corrected chi connectivity index (χ0v) is 17.4. The molecule has 2 saturated heterocycles. The fraction of sp³-hybridized carbons (Fsp3) is 0.667. The van der Waals surface area contributed by atoms with Gasteiger partial charge in [0.1, 0.15) is 0 Å². The van der Waals surface area contributed by atoms with Gasteiger partial charge in [0.05, 0.1) is 18.1 Å². The third-order valence-corrected chi connectivity index (χ3v) is 5.56. The van der Waals surface area contributed by atoms with Crippen molar-refractivity contribution in [1.29, 1.82) is 0 Å². The lowest BCUT2D eigenvalue weighted by Crippen LogP contribution is -2.52. The Morgan fingerprint density at radius 2 is 2.18 bits per heavy atom. The first-order chi connectivity index (χ1) is 13.3. The van der Waals surface area contributed by atoms with Gasteiger partial charge in [0, 0.05) is 38.9 Å². The molecule has 2 aliphatic heterocycles. The summed E-state index contributed by atoms with van der Waals surface area (Å²) >= 11 is 0. The van der Waals surface area contributed by atoms with E-state index in [1.165, 1.54) is 0 Å². The molecule has 154 valence electrons. The van der Waals surface area contributed by atoms with Crippen molar-refractivity contribution in [3.8, 4) is 5.88 Å². The lowest BCUT2D eigenvalue weighted by Gasteiger charge is -2.35. The summed E-state index contributed by atoms with van der Waals surface area (Å²) in [5, 5.41) is 3.00. The van der Waals surface area contributed by atoms with Crippen LogP contribution < -0.4 is 10.1 Å². The fourth-order valence-electron chi connectivity index (χ4n) is 4.30. The molecular weight excluding hydrogens is 356 g/mol. The van der Waals surface area contributed by atoms with Crippen LogP contribution in [0.25, 0.3) is 0 Å². The summed E-state index contributed by atoms with van der Waals surface area (Å²) in [7, 11) is 1.81. The zero-order chi connectivity index (χ0) is 20.3. The molecule has 0 aliphatic carbocycles. The number of amides is 3. The minimum atomic E-state index is -0.106. The Bertz CT molecular complexity index is 709. The van der Waals surface area contributed by atoms with E-state index in [1.54, 1.807) is 11.1 Å². The van der Waals surface area contributed by atoms with Crippen molar-refractivity contribution >= 4 is 11.9 Å². The van der Waals surface area contributed by atoms with Crippen molar-refractivity contribution in [2.24, 2.45) is 11.8 Å². The summed E-state index contributed by atoms with van der Waals surface area (Å²) < 4.78 is 5.89. The molecule has 7 heteroatoms. The number of piperidine rings is 1. The van der Waals surface area contributed by atoms with Gasteiger partial charge in [-0.25, -0.2) is 9.78 Å². The number of aromatic nitrogens is 1. The van der Waals surface area contributed by atoms with Crippen LogP contribution in [0.4, 0.5) is 4.79 Å². The van der Waals surface area contributed by atoms with Crippen LogP contribution in [-0.2, 0) is 11.3 Å². The highest BCUT2D eigenvalue weighted by Gasteiger charge is 2.45. The average Bonchev–Trinajstić information content (AvgIpc) is 2.93. The molecule has 7 nitrogen and oxygen atoms in total. The molecule has 3 heterocycles. The number of hydrogen-bond acceptors (Lipinski definition) is 4. The standard InChI is InChI=1S/C21H32N4O3/c1-14(2)10-15(3)28-19-11-16(7-8-22-19)12-23-21(27)25-9-5-6-17-18(25)13-24(4)20(17)26/h7-8,11,14-15,17-18H,5-6,9-10,12-13H2,1-4H3,(H,23,27)/t15?,17-,18-/m1/s1. The molecule has 1 aromatic heterocycles. The predicted molar refractivity (Wildman–Crippen MR) is 107 cm³/mol. The topological polar surface area (TPSA) is 74.8 Å². The maximum Gasteiger partial charge on any atom is 0.318 e. The largest absolute Gasteiger partial charge is 0.475 e. The van der Waals surface area contributed by atoms with Crippen LogP contribution in [0, 0.1) is 11.8 Å². The Balaban J connectivity index is 1.56. The summed E-state index contributed by atoms with van der Waals surface area (Å²) in [6, 6.07) is 3.64. The predicted octanol–water partition coefficient (Wildman–Crippen LogP) is 2.66. The number of pyridine rings is 1. The molecule has 1 unspecified atom stereocenters. The maximum absolute atomic E-state index is 12.7. The molecule has 2 fully saturated rings. The lowest BCUT2D eigenvalue weighted by molar-refractivity contribution is -0.130. The zero-order valence-electron chi connectivity index (χ0n) is 17.4. The smallest absolute Gasteiger partial charge is 0.318 e. The van der Waals surface area contributed by atoms with Gasteiger partial charge < -0.3 is 19.9 Å². The van der Waals surface area contributed by atoms with E-state index >= 15 is 0 Å². The van der Waals surface area contributed by atoms with Crippen molar-refractivity contribution in [2.45, 2.75) is 58.7 Å². The van der Waals surface area contributed by atoms with Gasteiger partial charge in [-0.3, -0.25) is 4.79 Å². The van der Waals surface area contributed by atoms with E-state index in [0.717, 1.165) is 24.8 Å². The molecule has 3 amide bonds. The van der Waals surface area contributed by atoms with Crippen LogP contribution >= 0.6 is 0 Å². The van der Waals surface area contributed by atoms with Crippen molar-refractivity contribution in [2.75, 3.05) is 20.1 Å². The highest BCUT2D eigenvalue weighted by molar-refractivity contribution is 5.84. The number of urea groups is 1. The van der Waals surface area contributed by atoms with E-state index in [1.807, 2.05) is 31.0 Å². The quantitative estimate of drug-likeness (QED) is 0.813. The molecule has 0 aromatic carbocycles. The highest BCUT2D eigenvalue weighted by atomic mass is 16.5. The van der Waals surface area contributed by atoms with Crippen LogP contribution in [0.15, 0.2) is 18.3 Å². The third-order valence-electron chi connectivity index (χ3n) is 5.56. The maximum atomic E-state index is 12.7. The fourth-order valence-corrected chi connectivity index (χ4v) is 4.30. The van der Waals surface area contributed by atoms with Crippen LogP contribution in [0.5, 0.6) is 5.88 Å². The molecule has 0 radical (unpaired) electrons. The van der Waals surface area contributed by atoms with Crippen LogP contribution in [0.2, 0.25) is 0 Å². The number of fused-ring (bicyclic) bond motifs is 1. The third kappa shape index (κ3) is 4.75. The van der Waals surface area contributed by atoms with Crippen molar-refractivity contribution in [1.82, 2.24) is 20.1 Å². The van der Waals surface area contributed by atoms with Gasteiger partial charge in [0.15, 0.2) is 0 Å². The van der Waals surface area contributed by atoms with Gasteiger partial charge in [0.2, 0.25) is 11.8 Å². The van der Waals surface area contributed by atoms with E-state index in [2.05, 4.69) is 24.1 Å². The van der Waals surface area contributed by atoms with Crippen molar-refractivity contribution < 1.29 is 14.3 Å². The Morgan fingerprint density at radius 3 is 2.93 bits per heavy atom. The first-order valence-corrected chi connectivity index (χ1v) is 10.3. The first-order valence-electron chi connectivity index (χ1n) is 10.3. The Labute approximate surface area is 167 Å². The molecular formula is C21H32N4O3. The van der Waals surface area contributed by atoms with Crippen LogP contribution in [0.1, 0.15) is 45.6 Å². The molecule has 3 rings (SSSR count). The minimum absolute atomic E-state index is 0.0144. The summed E-state index contributed by atoms with van der Waals surface area (Å²) in [5.74, 6) is 1.26. The molecule has 0 bridgehead atoms. The normalized spacial score (nSPS) is 23.0. The Hall–Kier alpha value is -2.31. The number of hydrogen-bond donors (Lipinski definition) is 1. The number of ether oxygens (including phenoxy) is 1. The SMILES string of the molecule is CC(C)CC(C)Oc1cc(CNC(=O)N2CCC[C@H]3C(=O)N(C)C[C@H]32)ccn1. The molecule has 0 saturated carbocycles. The van der Waals surface area contributed by atoms with Crippen molar-refractivity contribution in [3.05, 3.63) is 23.9 Å². The summed E-state index contributed by atoms with van der Waals surface area (Å²) in [6.45, 7) is 8.11. The Morgan fingerprint density at radius 1 is 1.39 bits per heavy atom. The van der Waals surface area contributed by atoms with E-state index in [0.29, 0.717) is 31.4 Å². The number of carbonyl (C=O) groups is 2. The van der Waals surface area contributed by atoms with E-state index in [4.69, 9.17) is 4.74 Å². The van der Waals surface area contributed by atoms with Crippen molar-refractivity contribution in [3.63, 3.8) is 0 Å². The van der Waals surface area contributed by atoms with Crippen LogP contribution in [-0.4, -0.2) is 59.0 Å². The number of nitrogens with zero attached hydrogens (tertiary/aromatic N) is 3. The lowest BCUT2D eigenvalue weighted by atomic mass is 9.92. The summed E-state index contributed by atoms with van der Waals surface area (Å²) in [6.07, 6.45) is 4.51. The number of rotatable bonds is 6. The van der Waals surface area contributed by atoms with E-state index in [9.17, 15) is 9.59 Å². The number of carbonyl (C=O) groups excluding carboxylic acids is 2. The second-order valence-corrected chi connectivity index (χ2v) is 8.45. The average molecular weight is 389 g/mol. The molecule has 1 aromatic rings. The van der Waals surface area contributed by atoms with Crippen LogP contribution in [0.3, 0.4) is 0 Å². The number of nitrogens with one attached hydrogen (secondary N) is 1. The number of likely N-dealkylation sites (tertiary alicyclic amines) is 2. The van der Waals surface area contributed by atoms with Gasteiger partial charge in [-0.1, -0.05) is 13.8 Å². The molecule has 1 N–H and O–H groups in total. The van der Waals surface area contributed by atoms with Gasteiger partial charge in [0.25, 0.3) is 0 Å². The van der Waals surface area contributed by atoms with Gasteiger partial charge in [-0.05, 0) is 43.7 Å². The molecule has 3 atom stereocenters. The van der Waals surface area contributed by atoms with Gasteiger partial charge in [-0.2, -0.15) is 0 Å². The van der Waals surface area contributed by atoms with E-state index in [-0.39, 0.29) is 30.0 Å². The summed E-state index contributed by atoms with van der Waals surface area (Å²) in [4.78, 5) is 32.8. The summed E-state index contributed by atoms with van der Waals surface area (Å²) in [5.41, 5.74) is 0.947. The minimum Gasteiger partial charge on any atom is -0.475 e. The molecule has 2 aliphatic rings. The van der Waals surface area contributed by atoms with E-state index < -0.39 is 0 Å². The van der Waals surface area contributed by atoms with Gasteiger partial charge in [-0.15, -0.1) is 0 Å². The molecule has 0 spiro atoms. The second kappa shape index (κ2) is 8.80.